The minimum Gasteiger partial charge on any atom is -0.504 e. The standard InChI is InChI=1S/C19H22O8/c1-3-12-13(14(18(23)25-2)10-27-19(12)24)9-17(22)26-7-6-11-4-5-15(20)16(21)8-11/h3-5,8,10,13,19-21,24H,6-7,9H2,1-2H3/b12-3-/t13-,19+/m1/s1. The van der Waals surface area contributed by atoms with Gasteiger partial charge >= 0.3 is 11.9 Å². The zero-order valence-corrected chi connectivity index (χ0v) is 15.0. The molecule has 1 aromatic carbocycles. The molecule has 0 amide bonds. The molecule has 2 rings (SSSR count). The van der Waals surface area contributed by atoms with Crippen LogP contribution in [0.3, 0.4) is 0 Å². The Balaban J connectivity index is 1.99. The number of allylic oxidation sites excluding steroid dienone is 1. The number of ether oxygens (including phenoxy) is 3. The highest BCUT2D eigenvalue weighted by Gasteiger charge is 2.35. The van der Waals surface area contributed by atoms with Gasteiger partial charge in [0.2, 0.25) is 6.29 Å². The molecule has 27 heavy (non-hydrogen) atoms. The third-order valence-electron chi connectivity index (χ3n) is 4.21. The lowest BCUT2D eigenvalue weighted by Gasteiger charge is -2.28. The lowest BCUT2D eigenvalue weighted by Crippen LogP contribution is -2.31. The molecular formula is C19H22O8. The first kappa shape index (κ1) is 20.3. The van der Waals surface area contributed by atoms with Gasteiger partial charge in [-0.2, -0.15) is 0 Å². The molecule has 146 valence electrons. The van der Waals surface area contributed by atoms with E-state index in [0.717, 1.165) is 6.26 Å². The van der Waals surface area contributed by atoms with Crippen molar-refractivity contribution in [2.75, 3.05) is 13.7 Å². The number of carbonyl (C=O) groups is 2. The molecular weight excluding hydrogens is 356 g/mol. The normalized spacial score (nSPS) is 20.6. The fourth-order valence-corrected chi connectivity index (χ4v) is 2.76. The summed E-state index contributed by atoms with van der Waals surface area (Å²) in [4.78, 5) is 24.1. The molecule has 0 unspecified atom stereocenters. The summed E-state index contributed by atoms with van der Waals surface area (Å²) in [6.07, 6.45) is 1.60. The maximum atomic E-state index is 12.2. The van der Waals surface area contributed by atoms with E-state index in [0.29, 0.717) is 17.6 Å². The first-order valence-corrected chi connectivity index (χ1v) is 8.31. The zero-order valence-electron chi connectivity index (χ0n) is 15.0. The third kappa shape index (κ3) is 5.01. The van der Waals surface area contributed by atoms with Crippen molar-refractivity contribution < 1.29 is 39.1 Å². The van der Waals surface area contributed by atoms with Gasteiger partial charge < -0.3 is 29.5 Å². The number of phenols is 2. The second-order valence-electron chi connectivity index (χ2n) is 5.89. The molecule has 0 bridgehead atoms. The number of hydrogen-bond acceptors (Lipinski definition) is 8. The van der Waals surface area contributed by atoms with E-state index in [1.165, 1.54) is 19.2 Å². The van der Waals surface area contributed by atoms with Crippen molar-refractivity contribution in [3.63, 3.8) is 0 Å². The second-order valence-corrected chi connectivity index (χ2v) is 5.89. The minimum atomic E-state index is -1.25. The molecule has 8 heteroatoms. The largest absolute Gasteiger partial charge is 0.504 e. The zero-order chi connectivity index (χ0) is 20.0. The number of phenolic OH excluding ortho intramolecular Hbond substituents is 2. The first-order valence-electron chi connectivity index (χ1n) is 8.31. The summed E-state index contributed by atoms with van der Waals surface area (Å²) in [7, 11) is 1.21. The molecule has 0 radical (unpaired) electrons. The maximum Gasteiger partial charge on any atom is 0.337 e. The lowest BCUT2D eigenvalue weighted by atomic mass is 9.86. The third-order valence-corrected chi connectivity index (χ3v) is 4.21. The molecule has 1 aliphatic heterocycles. The van der Waals surface area contributed by atoms with E-state index in [4.69, 9.17) is 14.2 Å². The highest BCUT2D eigenvalue weighted by molar-refractivity contribution is 5.90. The second kappa shape index (κ2) is 9.09. The highest BCUT2D eigenvalue weighted by Crippen LogP contribution is 2.33. The first-order chi connectivity index (χ1) is 12.9. The predicted molar refractivity (Wildman–Crippen MR) is 93.5 cm³/mol. The van der Waals surface area contributed by atoms with Crippen molar-refractivity contribution >= 4 is 11.9 Å². The quantitative estimate of drug-likeness (QED) is 0.387. The molecule has 0 aromatic heterocycles. The van der Waals surface area contributed by atoms with Crippen LogP contribution in [-0.4, -0.2) is 47.3 Å². The van der Waals surface area contributed by atoms with Crippen molar-refractivity contribution in [2.24, 2.45) is 5.92 Å². The van der Waals surface area contributed by atoms with Crippen molar-refractivity contribution in [2.45, 2.75) is 26.1 Å². The Morgan fingerprint density at radius 2 is 2.00 bits per heavy atom. The molecule has 8 nitrogen and oxygen atoms in total. The van der Waals surface area contributed by atoms with Gasteiger partial charge in [-0.05, 0) is 24.6 Å². The molecule has 2 atom stereocenters. The van der Waals surface area contributed by atoms with E-state index in [2.05, 4.69) is 0 Å². The summed E-state index contributed by atoms with van der Waals surface area (Å²) >= 11 is 0. The number of aliphatic hydroxyl groups is 1. The number of methoxy groups -OCH3 is 1. The van der Waals surface area contributed by atoms with Crippen molar-refractivity contribution in [1.82, 2.24) is 0 Å². The minimum absolute atomic E-state index is 0.0528. The van der Waals surface area contributed by atoms with Crippen LogP contribution in [0.5, 0.6) is 11.5 Å². The summed E-state index contributed by atoms with van der Waals surface area (Å²) in [5, 5.41) is 28.7. The Bertz CT molecular complexity index is 765. The van der Waals surface area contributed by atoms with Crippen LogP contribution in [-0.2, 0) is 30.2 Å². The topological polar surface area (TPSA) is 123 Å². The van der Waals surface area contributed by atoms with Gasteiger partial charge in [0.05, 0.1) is 32.0 Å². The predicted octanol–water partition coefficient (Wildman–Crippen LogP) is 1.54. The van der Waals surface area contributed by atoms with Gasteiger partial charge in [0, 0.05) is 17.9 Å². The van der Waals surface area contributed by atoms with Gasteiger partial charge in [-0.3, -0.25) is 4.79 Å². The summed E-state index contributed by atoms with van der Waals surface area (Å²) in [6, 6.07) is 4.34. The van der Waals surface area contributed by atoms with Crippen LogP contribution in [0.25, 0.3) is 0 Å². The molecule has 1 aliphatic rings. The van der Waals surface area contributed by atoms with Crippen molar-refractivity contribution in [3.8, 4) is 11.5 Å². The molecule has 0 spiro atoms. The number of hydrogen-bond donors (Lipinski definition) is 3. The lowest BCUT2D eigenvalue weighted by molar-refractivity contribution is -0.145. The Morgan fingerprint density at radius 1 is 1.26 bits per heavy atom. The Kier molecular flexibility index (Phi) is 6.84. The Hall–Kier alpha value is -3.00. The monoisotopic (exact) mass is 378 g/mol. The van der Waals surface area contributed by atoms with Crippen LogP contribution >= 0.6 is 0 Å². The van der Waals surface area contributed by atoms with Crippen LogP contribution in [0.4, 0.5) is 0 Å². The van der Waals surface area contributed by atoms with Gasteiger partial charge in [0.15, 0.2) is 11.5 Å². The Labute approximate surface area is 156 Å². The summed E-state index contributed by atoms with van der Waals surface area (Å²) in [6.45, 7) is 1.72. The molecule has 1 heterocycles. The van der Waals surface area contributed by atoms with Crippen LogP contribution < -0.4 is 0 Å². The number of carbonyl (C=O) groups excluding carboxylic acids is 2. The summed E-state index contributed by atoms with van der Waals surface area (Å²) in [5.41, 5.74) is 1.18. The number of rotatable bonds is 6. The summed E-state index contributed by atoms with van der Waals surface area (Å²) in [5.74, 6) is -2.41. The van der Waals surface area contributed by atoms with Crippen LogP contribution in [0, 0.1) is 5.92 Å². The molecule has 3 N–H and O–H groups in total. The maximum absolute atomic E-state index is 12.2. The molecule has 0 fully saturated rings. The van der Waals surface area contributed by atoms with Crippen molar-refractivity contribution in [3.05, 3.63) is 47.2 Å². The molecule has 0 saturated heterocycles. The number of aromatic hydroxyl groups is 2. The average Bonchev–Trinajstić information content (AvgIpc) is 2.64. The van der Waals surface area contributed by atoms with Gasteiger partial charge in [0.25, 0.3) is 0 Å². The van der Waals surface area contributed by atoms with E-state index in [9.17, 15) is 24.9 Å². The van der Waals surface area contributed by atoms with Gasteiger partial charge in [-0.1, -0.05) is 12.1 Å². The smallest absolute Gasteiger partial charge is 0.337 e. The van der Waals surface area contributed by atoms with E-state index >= 15 is 0 Å². The number of aliphatic hydroxyl groups excluding tert-OH is 1. The number of benzene rings is 1. The van der Waals surface area contributed by atoms with Gasteiger partial charge in [-0.25, -0.2) is 4.79 Å². The molecule has 0 saturated carbocycles. The molecule has 1 aromatic rings. The molecule has 0 aliphatic carbocycles. The fourth-order valence-electron chi connectivity index (χ4n) is 2.76. The highest BCUT2D eigenvalue weighted by atomic mass is 16.6. The van der Waals surface area contributed by atoms with Crippen molar-refractivity contribution in [1.29, 1.82) is 0 Å². The Morgan fingerprint density at radius 3 is 2.63 bits per heavy atom. The fraction of sp³-hybridized carbons (Fsp3) is 0.368. The van der Waals surface area contributed by atoms with Crippen LogP contribution in [0.2, 0.25) is 0 Å². The van der Waals surface area contributed by atoms with Gasteiger partial charge in [-0.15, -0.1) is 0 Å². The van der Waals surface area contributed by atoms with E-state index in [-0.39, 0.29) is 30.1 Å². The average molecular weight is 378 g/mol. The van der Waals surface area contributed by atoms with E-state index in [1.807, 2.05) is 0 Å². The summed E-state index contributed by atoms with van der Waals surface area (Å²) < 4.78 is 14.9. The van der Waals surface area contributed by atoms with Crippen LogP contribution in [0.1, 0.15) is 18.9 Å². The van der Waals surface area contributed by atoms with Crippen LogP contribution in [0.15, 0.2) is 41.7 Å². The number of esters is 2. The SMILES string of the molecule is C/C=C1\[C@@H](O)OC=C(C(=O)OC)[C@@H]1CC(=O)OCCc1ccc(O)c(O)c1. The van der Waals surface area contributed by atoms with Gasteiger partial charge in [0.1, 0.15) is 0 Å². The van der Waals surface area contributed by atoms with E-state index in [1.54, 1.807) is 19.1 Å². The van der Waals surface area contributed by atoms with E-state index < -0.39 is 24.1 Å².